The maximum absolute atomic E-state index is 13.9. The van der Waals surface area contributed by atoms with Crippen LogP contribution in [-0.4, -0.2) is 114 Å². The van der Waals surface area contributed by atoms with Gasteiger partial charge in [-0.15, -0.1) is 0 Å². The highest BCUT2D eigenvalue weighted by Crippen LogP contribution is 2.37. The number of alkyl halides is 3. The van der Waals surface area contributed by atoms with E-state index in [1.807, 2.05) is 77.1 Å². The molecule has 0 saturated carbocycles. The van der Waals surface area contributed by atoms with Gasteiger partial charge in [-0.3, -0.25) is 14.4 Å². The number of carbonyl (C=O) groups excluding carboxylic acids is 3. The van der Waals surface area contributed by atoms with E-state index in [4.69, 9.17) is 28.6 Å². The first kappa shape index (κ1) is 51.6. The molecule has 1 aromatic heterocycles. The molecule has 2 saturated heterocycles. The summed E-state index contributed by atoms with van der Waals surface area (Å²) in [4.78, 5) is 45.5. The summed E-state index contributed by atoms with van der Waals surface area (Å²) in [6.45, 7) is 11.1. The van der Waals surface area contributed by atoms with Gasteiger partial charge in [-0.2, -0.15) is 18.4 Å². The third kappa shape index (κ3) is 14.6. The summed E-state index contributed by atoms with van der Waals surface area (Å²) in [7, 11) is 0. The quantitative estimate of drug-likeness (QED) is 0.0548. The number of amides is 3. The molecule has 5 N–H and O–H groups in total. The van der Waals surface area contributed by atoms with E-state index in [1.165, 1.54) is 17.4 Å². The predicted molar refractivity (Wildman–Crippen MR) is 244 cm³/mol. The van der Waals surface area contributed by atoms with Crippen molar-refractivity contribution in [3.63, 3.8) is 0 Å². The molecule has 3 heterocycles. The van der Waals surface area contributed by atoms with Gasteiger partial charge in [-0.25, -0.2) is 4.98 Å². The number of nitriles is 1. The van der Waals surface area contributed by atoms with Crippen molar-refractivity contribution in [1.82, 2.24) is 25.8 Å². The van der Waals surface area contributed by atoms with Crippen LogP contribution in [0, 0.1) is 16.7 Å². The molecule has 3 aliphatic rings. The lowest BCUT2D eigenvalue weighted by atomic mass is 9.85. The summed E-state index contributed by atoms with van der Waals surface area (Å²) < 4.78 is 68.6. The number of carbonyl (C=O) groups is 3. The number of nitrogens with zero attached hydrogens (tertiary/aromatic N) is 3. The molecule has 19 heteroatoms. The minimum absolute atomic E-state index is 0.0304. The van der Waals surface area contributed by atoms with Crippen molar-refractivity contribution in [2.45, 2.75) is 122 Å². The lowest BCUT2D eigenvalue weighted by Crippen LogP contribution is -2.58. The molecule has 368 valence electrons. The number of ether oxygens (including phenoxy) is 4. The zero-order valence-corrected chi connectivity index (χ0v) is 39.1. The summed E-state index contributed by atoms with van der Waals surface area (Å²) in [5.74, 6) is -0.699. The van der Waals surface area contributed by atoms with Crippen LogP contribution in [0.2, 0.25) is 0 Å². The number of oxazole rings is 1. The van der Waals surface area contributed by atoms with Gasteiger partial charge >= 0.3 is 6.18 Å². The largest absolute Gasteiger partial charge is 0.444 e. The van der Waals surface area contributed by atoms with Gasteiger partial charge in [0.1, 0.15) is 24.8 Å². The van der Waals surface area contributed by atoms with Crippen LogP contribution in [0.3, 0.4) is 0 Å². The standard InChI is InChI=1S/C49H62F3N7O9/c1-47(2,3)42(46(63)59-28-36(60)24-39(59)44(62)55-26-31-9-11-32(12-10-31)40-27-54-30-67-40)57-41(61)29-65-21-8-20-64-19-6-7-22-66-37-17-15-34(16-18-37)58-48(4,5)43-45(68-43)56-35-14-13-33(25-53)38(23-35)49(50,51)52/h9-17,23,27,30,36-37,39,42-43,45,56,58,60H,6-8,18-22,24,26,28-29H2,1-5H3,(H,55,62)(H,57,61)/t36-,37?,39+,42-,43?,45?/m1/s1. The zero-order chi connectivity index (χ0) is 49.1. The Bertz CT molecular complexity index is 2270. The molecule has 0 bridgehead atoms. The summed E-state index contributed by atoms with van der Waals surface area (Å²) >= 11 is 0. The predicted octanol–water partition coefficient (Wildman–Crippen LogP) is 5.98. The highest BCUT2D eigenvalue weighted by atomic mass is 19.4. The van der Waals surface area contributed by atoms with E-state index >= 15 is 0 Å². The van der Waals surface area contributed by atoms with Crippen molar-refractivity contribution in [1.29, 1.82) is 5.26 Å². The van der Waals surface area contributed by atoms with Crippen LogP contribution in [0.25, 0.3) is 11.3 Å². The average Bonchev–Trinajstić information content (AvgIpc) is 3.65. The van der Waals surface area contributed by atoms with Crippen molar-refractivity contribution in [2.75, 3.05) is 44.9 Å². The molecule has 3 aromatic rings. The van der Waals surface area contributed by atoms with Crippen molar-refractivity contribution in [3.8, 4) is 17.4 Å². The van der Waals surface area contributed by atoms with E-state index in [-0.39, 0.29) is 50.6 Å². The number of unbranched alkanes of at least 4 members (excludes halogenated alkanes) is 1. The monoisotopic (exact) mass is 949 g/mol. The number of likely N-dealkylation sites (tertiary alicyclic amines) is 1. The first-order valence-electron chi connectivity index (χ1n) is 22.8. The molecule has 6 rings (SSSR count). The normalized spacial score (nSPS) is 20.9. The van der Waals surface area contributed by atoms with Gasteiger partial charge in [-0.05, 0) is 74.8 Å². The summed E-state index contributed by atoms with van der Waals surface area (Å²) in [6.07, 6.45) is 5.42. The third-order valence-electron chi connectivity index (χ3n) is 11.7. The van der Waals surface area contributed by atoms with Gasteiger partial charge < -0.3 is 54.6 Å². The van der Waals surface area contributed by atoms with Crippen LogP contribution >= 0.6 is 0 Å². The Morgan fingerprint density at radius 1 is 1.00 bits per heavy atom. The zero-order valence-electron chi connectivity index (χ0n) is 39.1. The van der Waals surface area contributed by atoms with Gasteiger partial charge in [0.15, 0.2) is 18.4 Å². The number of epoxide rings is 1. The number of allylic oxidation sites excluding steroid dienone is 1. The number of aromatic nitrogens is 1. The molecule has 3 amide bonds. The number of hydrogen-bond acceptors (Lipinski definition) is 13. The van der Waals surface area contributed by atoms with E-state index in [2.05, 4.69) is 26.3 Å². The highest BCUT2D eigenvalue weighted by molar-refractivity contribution is 5.93. The fourth-order valence-corrected chi connectivity index (χ4v) is 8.01. The van der Waals surface area contributed by atoms with Crippen LogP contribution in [-0.2, 0) is 46.1 Å². The average molecular weight is 950 g/mol. The number of rotatable bonds is 23. The third-order valence-corrected chi connectivity index (χ3v) is 11.7. The van der Waals surface area contributed by atoms with Gasteiger partial charge in [0.25, 0.3) is 0 Å². The molecule has 1 aliphatic carbocycles. The Hall–Kier alpha value is -5.78. The molecule has 2 aliphatic heterocycles. The second-order valence-corrected chi connectivity index (χ2v) is 18.8. The summed E-state index contributed by atoms with van der Waals surface area (Å²) in [5, 5.41) is 31.7. The fraction of sp³-hybridized carbons (Fsp3) is 0.531. The summed E-state index contributed by atoms with van der Waals surface area (Å²) in [5.41, 5.74) is 0.119. The number of aliphatic hydroxyl groups excluding tert-OH is 1. The van der Waals surface area contributed by atoms with Crippen molar-refractivity contribution in [3.05, 3.63) is 95.7 Å². The molecule has 2 aromatic carbocycles. The Kier molecular flexibility index (Phi) is 17.5. The highest BCUT2D eigenvalue weighted by Gasteiger charge is 2.50. The Morgan fingerprint density at radius 2 is 1.74 bits per heavy atom. The molecule has 6 atom stereocenters. The number of hydrogen-bond donors (Lipinski definition) is 5. The fourth-order valence-electron chi connectivity index (χ4n) is 8.01. The van der Waals surface area contributed by atoms with E-state index in [0.29, 0.717) is 38.4 Å². The number of benzene rings is 2. The van der Waals surface area contributed by atoms with Gasteiger partial charge in [0.2, 0.25) is 17.7 Å². The number of nitrogens with one attached hydrogen (secondary N) is 4. The molecule has 3 unspecified atom stereocenters. The molecule has 2 fully saturated rings. The van der Waals surface area contributed by atoms with Crippen molar-refractivity contribution >= 4 is 23.4 Å². The minimum Gasteiger partial charge on any atom is -0.444 e. The first-order valence-corrected chi connectivity index (χ1v) is 22.8. The smallest absolute Gasteiger partial charge is 0.417 e. The van der Waals surface area contributed by atoms with E-state index < -0.39 is 70.4 Å². The van der Waals surface area contributed by atoms with Crippen LogP contribution < -0.4 is 21.3 Å². The van der Waals surface area contributed by atoms with E-state index in [9.17, 15) is 32.7 Å². The Balaban J connectivity index is 0.805. The number of anilines is 1. The second kappa shape index (κ2) is 23.0. The SMILES string of the molecule is CC(C)(NC1=CCC(OCCCCOCCCOCC(=O)N[C@H](C(=O)N2C[C@H](O)C[C@H]2C(=O)NCc2ccc(-c3cnco3)cc2)C(C)(C)C)C=C1)C1OC1Nc1ccc(C#N)c(C(F)(F)F)c1. The second-order valence-electron chi connectivity index (χ2n) is 18.8. The van der Waals surface area contributed by atoms with E-state index in [0.717, 1.165) is 41.8 Å². The van der Waals surface area contributed by atoms with E-state index in [1.54, 1.807) is 12.3 Å². The number of halogens is 3. The maximum atomic E-state index is 13.9. The molecule has 0 spiro atoms. The van der Waals surface area contributed by atoms with Gasteiger partial charge in [0.05, 0.1) is 41.1 Å². The van der Waals surface area contributed by atoms with Crippen LogP contribution in [0.15, 0.2) is 83.4 Å². The van der Waals surface area contributed by atoms with Crippen LogP contribution in [0.1, 0.15) is 83.4 Å². The van der Waals surface area contributed by atoms with Crippen molar-refractivity contribution < 1.29 is 56.0 Å². The molecular weight excluding hydrogens is 888 g/mol. The van der Waals surface area contributed by atoms with Gasteiger partial charge in [-0.1, -0.05) is 57.2 Å². The molecular formula is C49H62F3N7O9. The van der Waals surface area contributed by atoms with Gasteiger partial charge in [0, 0.05) is 62.9 Å². The Morgan fingerprint density at radius 3 is 2.41 bits per heavy atom. The van der Waals surface area contributed by atoms with Crippen LogP contribution in [0.5, 0.6) is 0 Å². The molecule has 68 heavy (non-hydrogen) atoms. The van der Waals surface area contributed by atoms with Crippen LogP contribution in [0.4, 0.5) is 18.9 Å². The number of β-amino-alcohol motifs (C(OH)–C–C–N with tert-alkyl or cyclic N) is 1. The maximum Gasteiger partial charge on any atom is 0.417 e. The van der Waals surface area contributed by atoms with Crippen molar-refractivity contribution in [2.24, 2.45) is 5.41 Å². The molecule has 0 radical (unpaired) electrons. The lowest BCUT2D eigenvalue weighted by molar-refractivity contribution is -0.144. The topological polar surface area (TPSA) is 213 Å². The Labute approximate surface area is 394 Å². The first-order chi connectivity index (χ1) is 32.3. The minimum atomic E-state index is -4.64. The lowest BCUT2D eigenvalue weighted by Gasteiger charge is -2.35. The molecule has 16 nitrogen and oxygen atoms in total. The summed E-state index contributed by atoms with van der Waals surface area (Å²) in [6, 6.07) is 10.7. The number of aliphatic hydroxyl groups is 1.